The Kier molecular flexibility index (Phi) is 2.30. The molecule has 0 radical (unpaired) electrons. The molecule has 0 aliphatic rings. The molecule has 4 aromatic rings. The van der Waals surface area contributed by atoms with Crippen molar-refractivity contribution in [1.29, 1.82) is 0 Å². The summed E-state index contributed by atoms with van der Waals surface area (Å²) < 4.78 is 37.2. The molecule has 0 aliphatic heterocycles. The third-order valence-electron chi connectivity index (χ3n) is 4.07. The van der Waals surface area contributed by atoms with Gasteiger partial charge in [0.15, 0.2) is 0 Å². The lowest BCUT2D eigenvalue weighted by atomic mass is 9.98. The van der Waals surface area contributed by atoms with E-state index in [1.807, 2.05) is 36.4 Å². The number of fused-ring (bicyclic) bond motifs is 3. The quantitative estimate of drug-likeness (QED) is 0.492. The molecule has 1 aromatic carbocycles. The van der Waals surface area contributed by atoms with Crippen molar-refractivity contribution < 1.29 is 9.90 Å². The molecule has 0 amide bonds. The SMILES string of the molecule is [2H]C([2H])([2H])C([2H])(C)c1cnc(-c2cccc3c2oc2ncccc23)cc1C. The normalized spacial score (nSPS) is 17.3. The molecule has 23 heavy (non-hydrogen) atoms. The van der Waals surface area contributed by atoms with Crippen LogP contribution in [0.1, 0.15) is 36.3 Å². The van der Waals surface area contributed by atoms with Gasteiger partial charge in [0.2, 0.25) is 5.71 Å². The molecule has 0 N–H and O–H groups in total. The van der Waals surface area contributed by atoms with Gasteiger partial charge in [0.1, 0.15) is 5.58 Å². The van der Waals surface area contributed by atoms with Crippen LogP contribution in [0.3, 0.4) is 0 Å². The average Bonchev–Trinajstić information content (AvgIpc) is 2.99. The first-order chi connectivity index (χ1) is 12.7. The molecule has 0 aliphatic carbocycles. The van der Waals surface area contributed by atoms with E-state index < -0.39 is 12.7 Å². The number of nitrogens with zero attached hydrogens (tertiary/aromatic N) is 2. The summed E-state index contributed by atoms with van der Waals surface area (Å²) in [5.41, 5.74) is 3.83. The highest BCUT2D eigenvalue weighted by Gasteiger charge is 2.14. The van der Waals surface area contributed by atoms with Crippen molar-refractivity contribution in [3.8, 4) is 11.3 Å². The van der Waals surface area contributed by atoms with Gasteiger partial charge in [-0.1, -0.05) is 25.9 Å². The standard InChI is InChI=1S/C20H18N2O/c1-12(2)17-11-22-18(10-13(17)3)16-7-4-6-14-15-8-5-9-21-20(15)23-19(14)16/h4-12H,1-3H3/i1D3,12D. The summed E-state index contributed by atoms with van der Waals surface area (Å²) in [5, 5.41) is 1.88. The molecule has 3 heterocycles. The lowest BCUT2D eigenvalue weighted by Gasteiger charge is -2.11. The number of benzene rings is 1. The number of furan rings is 1. The van der Waals surface area contributed by atoms with E-state index in [4.69, 9.17) is 9.90 Å². The minimum atomic E-state index is -2.44. The monoisotopic (exact) mass is 306 g/mol. The summed E-state index contributed by atoms with van der Waals surface area (Å²) in [5.74, 6) is -1.72. The molecular formula is C20H18N2O. The summed E-state index contributed by atoms with van der Waals surface area (Å²) in [6.07, 6.45) is 3.18. The second kappa shape index (κ2) is 5.20. The molecule has 0 saturated carbocycles. The minimum Gasteiger partial charge on any atom is -0.437 e. The summed E-state index contributed by atoms with van der Waals surface area (Å²) in [6, 6.07) is 11.5. The lowest BCUT2D eigenvalue weighted by molar-refractivity contribution is 0.655. The Labute approximate surface area is 140 Å². The van der Waals surface area contributed by atoms with Gasteiger partial charge in [-0.25, -0.2) is 4.98 Å². The Bertz CT molecular complexity index is 1160. The fraction of sp³-hybridized carbons (Fsp3) is 0.200. The highest BCUT2D eigenvalue weighted by Crippen LogP contribution is 2.34. The van der Waals surface area contributed by atoms with Gasteiger partial charge in [-0.15, -0.1) is 0 Å². The zero-order valence-electron chi connectivity index (χ0n) is 16.9. The van der Waals surface area contributed by atoms with E-state index in [0.717, 1.165) is 16.3 Å². The second-order valence-corrected chi connectivity index (χ2v) is 5.65. The van der Waals surface area contributed by atoms with E-state index in [1.54, 1.807) is 13.1 Å². The van der Waals surface area contributed by atoms with E-state index in [9.17, 15) is 0 Å². The molecule has 0 saturated heterocycles. The third kappa shape index (κ3) is 2.20. The van der Waals surface area contributed by atoms with Crippen LogP contribution >= 0.6 is 0 Å². The summed E-state index contributed by atoms with van der Waals surface area (Å²) >= 11 is 0. The van der Waals surface area contributed by atoms with Crippen LogP contribution in [0.25, 0.3) is 33.3 Å². The average molecular weight is 306 g/mol. The van der Waals surface area contributed by atoms with Crippen LogP contribution < -0.4 is 0 Å². The molecule has 3 nitrogen and oxygen atoms in total. The van der Waals surface area contributed by atoms with Crippen molar-refractivity contribution in [1.82, 2.24) is 9.97 Å². The van der Waals surface area contributed by atoms with Gasteiger partial charge in [0.25, 0.3) is 0 Å². The van der Waals surface area contributed by atoms with Crippen LogP contribution in [0.2, 0.25) is 0 Å². The molecule has 0 spiro atoms. The van der Waals surface area contributed by atoms with Crippen LogP contribution in [0, 0.1) is 6.92 Å². The summed E-state index contributed by atoms with van der Waals surface area (Å²) in [6.45, 7) is 0.764. The van der Waals surface area contributed by atoms with Gasteiger partial charge in [-0.2, -0.15) is 0 Å². The van der Waals surface area contributed by atoms with E-state index in [-0.39, 0.29) is 0 Å². The zero-order valence-corrected chi connectivity index (χ0v) is 12.9. The predicted octanol–water partition coefficient (Wildman–Crippen LogP) is 5.47. The van der Waals surface area contributed by atoms with Crippen molar-refractivity contribution in [2.45, 2.75) is 26.6 Å². The Morgan fingerprint density at radius 3 is 2.87 bits per heavy atom. The number of para-hydroxylation sites is 1. The fourth-order valence-corrected chi connectivity index (χ4v) is 2.93. The highest BCUT2D eigenvalue weighted by molar-refractivity contribution is 6.08. The largest absolute Gasteiger partial charge is 0.437 e. The topological polar surface area (TPSA) is 38.9 Å². The van der Waals surface area contributed by atoms with Crippen LogP contribution in [0.5, 0.6) is 0 Å². The van der Waals surface area contributed by atoms with Crippen molar-refractivity contribution in [2.75, 3.05) is 0 Å². The van der Waals surface area contributed by atoms with E-state index in [0.29, 0.717) is 28.1 Å². The van der Waals surface area contributed by atoms with Gasteiger partial charge in [-0.05, 0) is 48.2 Å². The van der Waals surface area contributed by atoms with Crippen LogP contribution in [-0.4, -0.2) is 9.97 Å². The molecule has 1 unspecified atom stereocenters. The van der Waals surface area contributed by atoms with Crippen molar-refractivity contribution in [3.05, 3.63) is 59.9 Å². The molecule has 4 rings (SSSR count). The number of pyridine rings is 2. The Balaban J connectivity index is 1.89. The van der Waals surface area contributed by atoms with Crippen LogP contribution in [0.4, 0.5) is 0 Å². The van der Waals surface area contributed by atoms with E-state index in [2.05, 4.69) is 9.97 Å². The first-order valence-electron chi connectivity index (χ1n) is 9.44. The molecule has 3 heteroatoms. The van der Waals surface area contributed by atoms with Crippen molar-refractivity contribution in [3.63, 3.8) is 0 Å². The van der Waals surface area contributed by atoms with Gasteiger partial charge in [0, 0.05) is 34.2 Å². The fourth-order valence-electron chi connectivity index (χ4n) is 2.93. The number of hydrogen-bond acceptors (Lipinski definition) is 3. The van der Waals surface area contributed by atoms with Gasteiger partial charge < -0.3 is 4.42 Å². The summed E-state index contributed by atoms with van der Waals surface area (Å²) in [4.78, 5) is 8.73. The van der Waals surface area contributed by atoms with Crippen LogP contribution in [0.15, 0.2) is 53.2 Å². The van der Waals surface area contributed by atoms with Gasteiger partial charge in [-0.3, -0.25) is 4.98 Å². The molecule has 1 atom stereocenters. The maximum absolute atomic E-state index is 8.31. The second-order valence-electron chi connectivity index (χ2n) is 5.65. The first kappa shape index (κ1) is 10.2. The maximum Gasteiger partial charge on any atom is 0.227 e. The van der Waals surface area contributed by atoms with Gasteiger partial charge >= 0.3 is 0 Å². The first-order valence-corrected chi connectivity index (χ1v) is 7.44. The smallest absolute Gasteiger partial charge is 0.227 e. The number of aromatic nitrogens is 2. The summed E-state index contributed by atoms with van der Waals surface area (Å²) in [7, 11) is 0. The lowest BCUT2D eigenvalue weighted by Crippen LogP contribution is -1.95. The number of hydrogen-bond donors (Lipinski definition) is 0. The molecule has 0 fully saturated rings. The van der Waals surface area contributed by atoms with E-state index >= 15 is 0 Å². The Morgan fingerprint density at radius 2 is 2.04 bits per heavy atom. The van der Waals surface area contributed by atoms with Crippen molar-refractivity contribution in [2.24, 2.45) is 0 Å². The molecule has 114 valence electrons. The third-order valence-corrected chi connectivity index (χ3v) is 4.07. The van der Waals surface area contributed by atoms with Crippen molar-refractivity contribution >= 4 is 22.1 Å². The Hall–Kier alpha value is -2.68. The minimum absolute atomic E-state index is 0.393. The van der Waals surface area contributed by atoms with E-state index in [1.165, 1.54) is 13.1 Å². The number of rotatable bonds is 2. The molecule has 0 bridgehead atoms. The molecule has 3 aromatic heterocycles. The predicted molar refractivity (Wildman–Crippen MR) is 93.6 cm³/mol. The molecular weight excluding hydrogens is 284 g/mol. The zero-order chi connectivity index (χ0) is 19.4. The highest BCUT2D eigenvalue weighted by atomic mass is 16.3. The van der Waals surface area contributed by atoms with Gasteiger partial charge in [0.05, 0.1) is 5.69 Å². The maximum atomic E-state index is 8.31. The van der Waals surface area contributed by atoms with Crippen LogP contribution in [-0.2, 0) is 0 Å². The number of aryl methyl sites for hydroxylation is 1. The Morgan fingerprint density at radius 1 is 1.17 bits per heavy atom.